The molecule has 35 heavy (non-hydrogen) atoms. The number of anilines is 1. The number of fused-ring (bicyclic) bond motifs is 1. The molecule has 0 unspecified atom stereocenters. The van der Waals surface area contributed by atoms with Crippen LogP contribution in [0.1, 0.15) is 51.8 Å². The van der Waals surface area contributed by atoms with Crippen LogP contribution in [0.2, 0.25) is 0 Å². The van der Waals surface area contributed by atoms with E-state index in [0.29, 0.717) is 0 Å². The van der Waals surface area contributed by atoms with Gasteiger partial charge >= 0.3 is 5.69 Å². The van der Waals surface area contributed by atoms with Crippen LogP contribution in [0.3, 0.4) is 0 Å². The lowest BCUT2D eigenvalue weighted by Crippen LogP contribution is -2.33. The van der Waals surface area contributed by atoms with Gasteiger partial charge in [-0.2, -0.15) is 0 Å². The average Bonchev–Trinajstić information content (AvgIpc) is 3.05. The second kappa shape index (κ2) is 10.0. The van der Waals surface area contributed by atoms with E-state index in [1.54, 1.807) is 20.8 Å². The molecule has 3 amide bonds. The standard InChI is InChI=1S/C24H25N3O8/c1-24(2,3)19(28)13-35-18-12-14(8-9-17(18)27(32)33)21(29)25-16-7-5-6-15-20(16)23(31)26(22(15)30)10-11-34-4/h5-9,12H,10-11,13H2,1-4H3,(H,25,29). The van der Waals surface area contributed by atoms with Crippen molar-refractivity contribution >= 4 is 34.9 Å². The predicted octanol–water partition coefficient (Wildman–Crippen LogP) is 3.08. The number of ketones is 1. The van der Waals surface area contributed by atoms with Crippen LogP contribution >= 0.6 is 0 Å². The van der Waals surface area contributed by atoms with E-state index >= 15 is 0 Å². The molecule has 1 aliphatic rings. The highest BCUT2D eigenvalue weighted by molar-refractivity contribution is 6.24. The Morgan fingerprint density at radius 2 is 1.83 bits per heavy atom. The van der Waals surface area contributed by atoms with Crippen LogP contribution in [0.5, 0.6) is 5.75 Å². The van der Waals surface area contributed by atoms with Crippen molar-refractivity contribution in [2.24, 2.45) is 5.41 Å². The number of imide groups is 1. The van der Waals surface area contributed by atoms with Crippen LogP contribution in [0.4, 0.5) is 11.4 Å². The lowest BCUT2D eigenvalue weighted by molar-refractivity contribution is -0.385. The van der Waals surface area contributed by atoms with E-state index in [-0.39, 0.29) is 47.1 Å². The van der Waals surface area contributed by atoms with Crippen molar-refractivity contribution in [3.8, 4) is 5.75 Å². The Morgan fingerprint density at radius 3 is 2.46 bits per heavy atom. The summed E-state index contributed by atoms with van der Waals surface area (Å²) in [5.74, 6) is -2.26. The molecule has 0 bridgehead atoms. The summed E-state index contributed by atoms with van der Waals surface area (Å²) in [6.07, 6.45) is 0. The quantitative estimate of drug-likeness (QED) is 0.325. The first-order valence-electron chi connectivity index (χ1n) is 10.7. The fourth-order valence-corrected chi connectivity index (χ4v) is 3.30. The minimum atomic E-state index is -0.710. The Labute approximate surface area is 201 Å². The largest absolute Gasteiger partial charge is 0.479 e. The maximum atomic E-state index is 13.0. The lowest BCUT2D eigenvalue weighted by atomic mass is 9.91. The maximum Gasteiger partial charge on any atom is 0.310 e. The molecule has 11 heteroatoms. The van der Waals surface area contributed by atoms with Gasteiger partial charge in [-0.1, -0.05) is 26.8 Å². The highest BCUT2D eigenvalue weighted by Crippen LogP contribution is 2.32. The van der Waals surface area contributed by atoms with Crippen LogP contribution in [0.15, 0.2) is 36.4 Å². The lowest BCUT2D eigenvalue weighted by Gasteiger charge is -2.17. The van der Waals surface area contributed by atoms with Gasteiger partial charge in [-0.15, -0.1) is 0 Å². The summed E-state index contributed by atoms with van der Waals surface area (Å²) in [5, 5.41) is 14.0. The average molecular weight is 483 g/mol. The Balaban J connectivity index is 1.87. The number of methoxy groups -OCH3 is 1. The number of carbonyl (C=O) groups excluding carboxylic acids is 4. The van der Waals surface area contributed by atoms with E-state index in [2.05, 4.69) is 5.32 Å². The smallest absolute Gasteiger partial charge is 0.310 e. The number of rotatable bonds is 9. The zero-order chi connectivity index (χ0) is 25.9. The number of carbonyl (C=O) groups is 4. The van der Waals surface area contributed by atoms with Crippen molar-refractivity contribution in [1.82, 2.24) is 4.90 Å². The molecule has 2 aromatic rings. The van der Waals surface area contributed by atoms with Crippen molar-refractivity contribution in [1.29, 1.82) is 0 Å². The fourth-order valence-electron chi connectivity index (χ4n) is 3.30. The summed E-state index contributed by atoms with van der Waals surface area (Å²) in [4.78, 5) is 62.3. The number of benzene rings is 2. The Kier molecular flexibility index (Phi) is 7.30. The highest BCUT2D eigenvalue weighted by Gasteiger charge is 2.37. The third-order valence-corrected chi connectivity index (χ3v) is 5.38. The Hall–Kier alpha value is -4.12. The third-order valence-electron chi connectivity index (χ3n) is 5.38. The Morgan fingerprint density at radius 1 is 1.11 bits per heavy atom. The number of nitro groups is 1. The molecular weight excluding hydrogens is 458 g/mol. The molecule has 1 heterocycles. The summed E-state index contributed by atoms with van der Waals surface area (Å²) >= 11 is 0. The van der Waals surface area contributed by atoms with Gasteiger partial charge in [-0.05, 0) is 18.2 Å². The van der Waals surface area contributed by atoms with E-state index in [1.807, 2.05) is 0 Å². The molecule has 11 nitrogen and oxygen atoms in total. The van der Waals surface area contributed by atoms with E-state index in [0.717, 1.165) is 17.0 Å². The van der Waals surface area contributed by atoms with Gasteiger partial charge < -0.3 is 14.8 Å². The predicted molar refractivity (Wildman–Crippen MR) is 125 cm³/mol. The zero-order valence-electron chi connectivity index (χ0n) is 19.7. The van der Waals surface area contributed by atoms with Crippen LogP contribution in [0, 0.1) is 15.5 Å². The number of Topliss-reactive ketones (excluding diaryl/α,β-unsaturated/α-hetero) is 1. The van der Waals surface area contributed by atoms with Gasteiger partial charge in [0, 0.05) is 30.2 Å². The summed E-state index contributed by atoms with van der Waals surface area (Å²) in [6.45, 7) is 4.89. The van der Waals surface area contributed by atoms with E-state index in [1.165, 1.54) is 31.4 Å². The van der Waals surface area contributed by atoms with Crippen molar-refractivity contribution in [3.63, 3.8) is 0 Å². The molecule has 0 saturated heterocycles. The van der Waals surface area contributed by atoms with Crippen molar-refractivity contribution in [3.05, 3.63) is 63.2 Å². The molecule has 0 radical (unpaired) electrons. The van der Waals surface area contributed by atoms with Gasteiger partial charge in [0.2, 0.25) is 0 Å². The zero-order valence-corrected chi connectivity index (χ0v) is 19.7. The fraction of sp³-hybridized carbons (Fsp3) is 0.333. The first-order valence-corrected chi connectivity index (χ1v) is 10.7. The number of amides is 3. The van der Waals surface area contributed by atoms with Crippen LogP contribution in [-0.4, -0.2) is 60.2 Å². The molecule has 0 atom stereocenters. The van der Waals surface area contributed by atoms with Crippen molar-refractivity contribution in [2.45, 2.75) is 20.8 Å². The molecule has 3 rings (SSSR count). The van der Waals surface area contributed by atoms with Crippen LogP contribution in [-0.2, 0) is 9.53 Å². The first kappa shape index (κ1) is 25.5. The third kappa shape index (κ3) is 5.35. The summed E-state index contributed by atoms with van der Waals surface area (Å²) in [5.41, 5.74) is -0.792. The molecule has 1 N–H and O–H groups in total. The minimum absolute atomic E-state index is 0.000535. The van der Waals surface area contributed by atoms with Gasteiger partial charge in [-0.25, -0.2) is 0 Å². The van der Waals surface area contributed by atoms with Gasteiger partial charge in [0.25, 0.3) is 17.7 Å². The maximum absolute atomic E-state index is 13.0. The topological polar surface area (TPSA) is 145 Å². The van der Waals surface area contributed by atoms with Crippen molar-refractivity contribution in [2.75, 3.05) is 32.2 Å². The molecule has 0 saturated carbocycles. The minimum Gasteiger partial charge on any atom is -0.479 e. The number of hydrogen-bond donors (Lipinski definition) is 1. The molecule has 0 aromatic heterocycles. The normalized spacial score (nSPS) is 13.0. The molecule has 2 aromatic carbocycles. The number of hydrogen-bond acceptors (Lipinski definition) is 8. The van der Waals surface area contributed by atoms with Crippen LogP contribution in [0.25, 0.3) is 0 Å². The molecule has 0 fully saturated rings. The molecule has 0 spiro atoms. The molecular formula is C24H25N3O8. The number of nitrogens with zero attached hydrogens (tertiary/aromatic N) is 2. The van der Waals surface area contributed by atoms with Gasteiger partial charge in [0.15, 0.2) is 11.5 Å². The van der Waals surface area contributed by atoms with Gasteiger partial charge in [0.05, 0.1) is 34.9 Å². The molecule has 1 aliphatic heterocycles. The highest BCUT2D eigenvalue weighted by atomic mass is 16.6. The van der Waals surface area contributed by atoms with E-state index < -0.39 is 40.4 Å². The first-order chi connectivity index (χ1) is 16.5. The second-order valence-electron chi connectivity index (χ2n) is 8.84. The monoisotopic (exact) mass is 483 g/mol. The van der Waals surface area contributed by atoms with E-state index in [4.69, 9.17) is 9.47 Å². The van der Waals surface area contributed by atoms with E-state index in [9.17, 15) is 29.3 Å². The SMILES string of the molecule is COCCN1C(=O)c2cccc(NC(=O)c3ccc([N+](=O)[O-])c(OCC(=O)C(C)(C)C)c3)c2C1=O. The summed E-state index contributed by atoms with van der Waals surface area (Å²) < 4.78 is 10.3. The number of ether oxygens (including phenoxy) is 2. The van der Waals surface area contributed by atoms with Gasteiger partial charge in [0.1, 0.15) is 6.61 Å². The number of nitro benzene ring substituents is 1. The second-order valence-corrected chi connectivity index (χ2v) is 8.84. The number of nitrogens with one attached hydrogen (secondary N) is 1. The summed E-state index contributed by atoms with van der Waals surface area (Å²) in [6, 6.07) is 7.98. The van der Waals surface area contributed by atoms with Crippen LogP contribution < -0.4 is 10.1 Å². The van der Waals surface area contributed by atoms with Crippen molar-refractivity contribution < 1.29 is 33.6 Å². The summed E-state index contributed by atoms with van der Waals surface area (Å²) in [7, 11) is 1.45. The van der Waals surface area contributed by atoms with Gasteiger partial charge in [-0.3, -0.25) is 34.2 Å². The molecule has 184 valence electrons. The Bertz CT molecular complexity index is 1220. The molecule has 0 aliphatic carbocycles.